The van der Waals surface area contributed by atoms with Gasteiger partial charge in [-0.15, -0.1) is 0 Å². The van der Waals surface area contributed by atoms with E-state index < -0.39 is 16.7 Å². The van der Waals surface area contributed by atoms with Gasteiger partial charge in [0.2, 0.25) is 0 Å². The van der Waals surface area contributed by atoms with Gasteiger partial charge in [-0.2, -0.15) is 0 Å². The number of nitro groups is 1. The minimum atomic E-state index is -0.678. The van der Waals surface area contributed by atoms with Crippen LogP contribution in [0.5, 0.6) is 0 Å². The Morgan fingerprint density at radius 1 is 1.37 bits per heavy atom. The molecule has 1 heterocycles. The molecule has 0 spiro atoms. The molecule has 7 nitrogen and oxygen atoms in total. The molecule has 0 saturated heterocycles. The van der Waals surface area contributed by atoms with E-state index in [-0.39, 0.29) is 35.9 Å². The molecule has 19 heavy (non-hydrogen) atoms. The molecule has 1 aromatic carbocycles. The van der Waals surface area contributed by atoms with E-state index in [9.17, 15) is 19.7 Å². The number of hydrogen-bond donors (Lipinski definition) is 1. The van der Waals surface area contributed by atoms with Crippen molar-refractivity contribution >= 4 is 17.5 Å². The largest absolute Gasteiger partial charge is 0.396 e. The number of aliphatic hydroxyl groups is 1. The number of nitro benzene ring substituents is 1. The Hall–Kier alpha value is -2.28. The highest BCUT2D eigenvalue weighted by atomic mass is 16.6. The van der Waals surface area contributed by atoms with Gasteiger partial charge in [-0.25, -0.2) is 0 Å². The third-order valence-electron chi connectivity index (χ3n) is 2.98. The first-order valence-corrected chi connectivity index (χ1v) is 5.71. The molecule has 0 aromatic heterocycles. The highest BCUT2D eigenvalue weighted by Gasteiger charge is 2.41. The fourth-order valence-corrected chi connectivity index (χ4v) is 2.00. The molecule has 0 aliphatic carbocycles. The Morgan fingerprint density at radius 2 is 2.05 bits per heavy atom. The summed E-state index contributed by atoms with van der Waals surface area (Å²) in [5.74, 6) is -1.50. The topological polar surface area (TPSA) is 101 Å². The van der Waals surface area contributed by atoms with Crippen molar-refractivity contribution in [3.63, 3.8) is 0 Å². The van der Waals surface area contributed by atoms with Crippen LogP contribution in [0.2, 0.25) is 0 Å². The summed E-state index contributed by atoms with van der Waals surface area (Å²) in [5.41, 5.74) is -0.484. The lowest BCUT2D eigenvalue weighted by atomic mass is 10.1. The van der Waals surface area contributed by atoms with E-state index in [1.165, 1.54) is 18.2 Å². The van der Waals surface area contributed by atoms with Gasteiger partial charge in [0.05, 0.1) is 10.5 Å². The molecule has 0 bridgehead atoms. The van der Waals surface area contributed by atoms with E-state index in [0.717, 1.165) is 4.90 Å². The first kappa shape index (κ1) is 13.2. The van der Waals surface area contributed by atoms with E-state index in [4.69, 9.17) is 5.11 Å². The van der Waals surface area contributed by atoms with E-state index in [1.807, 2.05) is 0 Å². The molecule has 100 valence electrons. The first-order chi connectivity index (χ1) is 8.97. The van der Waals surface area contributed by atoms with Crippen LogP contribution >= 0.6 is 0 Å². The monoisotopic (exact) mass is 264 g/mol. The smallest absolute Gasteiger partial charge is 0.282 e. The van der Waals surface area contributed by atoms with Crippen molar-refractivity contribution in [1.29, 1.82) is 0 Å². The highest BCUT2D eigenvalue weighted by molar-refractivity contribution is 6.23. The summed E-state index contributed by atoms with van der Waals surface area (Å²) in [7, 11) is 0. The molecule has 1 aliphatic heterocycles. The maximum absolute atomic E-state index is 12.1. The highest BCUT2D eigenvalue weighted by Crippen LogP contribution is 2.30. The lowest BCUT2D eigenvalue weighted by molar-refractivity contribution is -0.385. The summed E-state index contributed by atoms with van der Waals surface area (Å²) in [6.07, 6.45) is 0. The van der Waals surface area contributed by atoms with Crippen LogP contribution in [-0.4, -0.2) is 39.9 Å². The standard InChI is InChI=1S/C12H12N2O5/c1-7(6-15)5-13-11(16)8-3-2-4-9(14(18)19)10(8)12(13)17/h2-4,7,15H,5-6H2,1H3. The van der Waals surface area contributed by atoms with Crippen LogP contribution < -0.4 is 0 Å². The lowest BCUT2D eigenvalue weighted by Crippen LogP contribution is -2.34. The van der Waals surface area contributed by atoms with E-state index in [2.05, 4.69) is 0 Å². The second kappa shape index (κ2) is 4.77. The van der Waals surface area contributed by atoms with E-state index in [1.54, 1.807) is 6.92 Å². The molecule has 1 aromatic rings. The van der Waals surface area contributed by atoms with Crippen LogP contribution in [0.15, 0.2) is 18.2 Å². The third-order valence-corrected chi connectivity index (χ3v) is 2.98. The molecule has 2 rings (SSSR count). The van der Waals surface area contributed by atoms with E-state index in [0.29, 0.717) is 0 Å². The van der Waals surface area contributed by atoms with Gasteiger partial charge in [0, 0.05) is 19.2 Å². The summed E-state index contributed by atoms with van der Waals surface area (Å²) >= 11 is 0. The van der Waals surface area contributed by atoms with Crippen LogP contribution in [0.3, 0.4) is 0 Å². The number of aliphatic hydroxyl groups excluding tert-OH is 1. The molecule has 2 amide bonds. The molecule has 0 radical (unpaired) electrons. The van der Waals surface area contributed by atoms with Gasteiger partial charge in [0.1, 0.15) is 5.56 Å². The summed E-state index contributed by atoms with van der Waals surface area (Å²) < 4.78 is 0. The Kier molecular flexibility index (Phi) is 3.30. The number of imide groups is 1. The first-order valence-electron chi connectivity index (χ1n) is 5.71. The van der Waals surface area contributed by atoms with Gasteiger partial charge in [-0.3, -0.25) is 24.6 Å². The minimum absolute atomic E-state index is 0.0417. The van der Waals surface area contributed by atoms with Crippen LogP contribution in [0, 0.1) is 16.0 Å². The van der Waals surface area contributed by atoms with Crippen molar-refractivity contribution in [3.05, 3.63) is 39.4 Å². The van der Waals surface area contributed by atoms with Gasteiger partial charge in [-0.05, 0) is 12.0 Å². The normalized spacial score (nSPS) is 15.6. The van der Waals surface area contributed by atoms with E-state index >= 15 is 0 Å². The van der Waals surface area contributed by atoms with Gasteiger partial charge in [-0.1, -0.05) is 13.0 Å². The van der Waals surface area contributed by atoms with Crippen molar-refractivity contribution < 1.29 is 19.6 Å². The van der Waals surface area contributed by atoms with Gasteiger partial charge in [0.25, 0.3) is 17.5 Å². The molecule has 1 N–H and O–H groups in total. The Bertz CT molecular complexity index is 569. The summed E-state index contributed by atoms with van der Waals surface area (Å²) in [6.45, 7) is 1.55. The van der Waals surface area contributed by atoms with Crippen LogP contribution in [0.4, 0.5) is 5.69 Å². The minimum Gasteiger partial charge on any atom is -0.396 e. The van der Waals surface area contributed by atoms with Crippen LogP contribution in [-0.2, 0) is 0 Å². The Labute approximate surface area is 108 Å². The molecular weight excluding hydrogens is 252 g/mol. The molecule has 7 heteroatoms. The molecule has 1 unspecified atom stereocenters. The zero-order valence-electron chi connectivity index (χ0n) is 10.2. The molecule has 0 saturated carbocycles. The zero-order chi connectivity index (χ0) is 14.2. The Balaban J connectivity index is 2.44. The number of benzene rings is 1. The van der Waals surface area contributed by atoms with Gasteiger partial charge < -0.3 is 5.11 Å². The number of carbonyl (C=O) groups is 2. The van der Waals surface area contributed by atoms with Crippen molar-refractivity contribution in [2.24, 2.45) is 5.92 Å². The predicted octanol–water partition coefficient (Wildman–Crippen LogP) is 0.819. The van der Waals surface area contributed by atoms with Crippen molar-refractivity contribution in [2.75, 3.05) is 13.2 Å². The fraction of sp³-hybridized carbons (Fsp3) is 0.333. The second-order valence-corrected chi connectivity index (χ2v) is 4.47. The quantitative estimate of drug-likeness (QED) is 0.493. The van der Waals surface area contributed by atoms with Gasteiger partial charge >= 0.3 is 0 Å². The maximum Gasteiger partial charge on any atom is 0.282 e. The maximum atomic E-state index is 12.1. The fourth-order valence-electron chi connectivity index (χ4n) is 2.00. The van der Waals surface area contributed by atoms with Crippen molar-refractivity contribution in [2.45, 2.75) is 6.92 Å². The summed E-state index contributed by atoms with van der Waals surface area (Å²) in [4.78, 5) is 35.3. The molecule has 1 atom stereocenters. The number of amides is 2. The average molecular weight is 264 g/mol. The molecule has 1 aliphatic rings. The molecular formula is C12H12N2O5. The lowest BCUT2D eigenvalue weighted by Gasteiger charge is -2.17. The molecule has 0 fully saturated rings. The van der Waals surface area contributed by atoms with Crippen molar-refractivity contribution in [1.82, 2.24) is 4.90 Å². The number of rotatable bonds is 4. The Morgan fingerprint density at radius 3 is 2.63 bits per heavy atom. The predicted molar refractivity (Wildman–Crippen MR) is 64.7 cm³/mol. The third kappa shape index (κ3) is 2.08. The van der Waals surface area contributed by atoms with Crippen molar-refractivity contribution in [3.8, 4) is 0 Å². The zero-order valence-corrected chi connectivity index (χ0v) is 10.2. The summed E-state index contributed by atoms with van der Waals surface area (Å²) in [6, 6.07) is 3.97. The van der Waals surface area contributed by atoms with Crippen LogP contribution in [0.1, 0.15) is 27.6 Å². The number of nitrogens with zero attached hydrogens (tertiary/aromatic N) is 2. The average Bonchev–Trinajstić information content (AvgIpc) is 2.63. The SMILES string of the molecule is CC(CO)CN1C(=O)c2cccc([N+](=O)[O-])c2C1=O. The van der Waals surface area contributed by atoms with Gasteiger partial charge in [0.15, 0.2) is 0 Å². The number of hydrogen-bond acceptors (Lipinski definition) is 5. The van der Waals surface area contributed by atoms with Crippen LogP contribution in [0.25, 0.3) is 0 Å². The number of fused-ring (bicyclic) bond motifs is 1. The second-order valence-electron chi connectivity index (χ2n) is 4.47. The number of carbonyl (C=O) groups excluding carboxylic acids is 2. The summed E-state index contributed by atoms with van der Waals surface area (Å²) in [5, 5.41) is 19.9.